The molecule has 0 fully saturated rings. The Morgan fingerprint density at radius 2 is 1.88 bits per heavy atom. The molecule has 6 heteroatoms. The molecular weight excluding hydrogens is 350 g/mol. The first kappa shape index (κ1) is 18.7. The van der Waals surface area contributed by atoms with Gasteiger partial charge in [-0.1, -0.05) is 18.2 Å². The average Bonchev–Trinajstić information content (AvgIpc) is 2.65. The fourth-order valence-corrected chi connectivity index (χ4v) is 4.56. The number of rotatable bonds is 7. The molecule has 0 amide bonds. The highest BCUT2D eigenvalue weighted by Crippen LogP contribution is 2.29. The Kier molecular flexibility index (Phi) is 5.84. The number of benzene rings is 2. The lowest BCUT2D eigenvalue weighted by atomic mass is 9.91. The van der Waals surface area contributed by atoms with Crippen molar-refractivity contribution in [2.24, 2.45) is 0 Å². The topological polar surface area (TPSA) is 64.6 Å². The van der Waals surface area contributed by atoms with Gasteiger partial charge in [0.25, 0.3) is 0 Å². The minimum absolute atomic E-state index is 0.150. The van der Waals surface area contributed by atoms with Crippen molar-refractivity contribution in [3.8, 4) is 11.5 Å². The Balaban J connectivity index is 1.63. The fraction of sp³-hybridized carbons (Fsp3) is 0.400. The zero-order valence-electron chi connectivity index (χ0n) is 15.2. The minimum Gasteiger partial charge on any atom is -0.495 e. The summed E-state index contributed by atoms with van der Waals surface area (Å²) in [5, 5.41) is 0. The predicted molar refractivity (Wildman–Crippen MR) is 101 cm³/mol. The smallest absolute Gasteiger partial charge is 0.244 e. The molecule has 0 saturated heterocycles. The van der Waals surface area contributed by atoms with Crippen molar-refractivity contribution in [2.45, 2.75) is 37.5 Å². The van der Waals surface area contributed by atoms with Gasteiger partial charge in [0.15, 0.2) is 0 Å². The summed E-state index contributed by atoms with van der Waals surface area (Å²) in [5.41, 5.74) is 3.47. The zero-order chi connectivity index (χ0) is 18.6. The van der Waals surface area contributed by atoms with Crippen LogP contribution in [0, 0.1) is 6.92 Å². The minimum atomic E-state index is -3.65. The van der Waals surface area contributed by atoms with Crippen LogP contribution in [0.3, 0.4) is 0 Å². The van der Waals surface area contributed by atoms with Gasteiger partial charge in [-0.25, -0.2) is 13.1 Å². The zero-order valence-corrected chi connectivity index (χ0v) is 16.1. The van der Waals surface area contributed by atoms with Gasteiger partial charge >= 0.3 is 0 Å². The van der Waals surface area contributed by atoms with E-state index >= 15 is 0 Å². The largest absolute Gasteiger partial charge is 0.495 e. The fourth-order valence-electron chi connectivity index (χ4n) is 3.29. The molecule has 0 atom stereocenters. The molecule has 0 aromatic heterocycles. The normalized spacial score (nSPS) is 13.9. The van der Waals surface area contributed by atoms with Crippen molar-refractivity contribution >= 4 is 10.0 Å². The first-order chi connectivity index (χ1) is 12.5. The molecule has 140 valence electrons. The van der Waals surface area contributed by atoms with E-state index in [1.54, 1.807) is 12.1 Å². The Morgan fingerprint density at radius 1 is 1.08 bits per heavy atom. The molecule has 1 aliphatic carbocycles. The lowest BCUT2D eigenvalue weighted by molar-refractivity contribution is 0.317. The van der Waals surface area contributed by atoms with Crippen LogP contribution in [0.2, 0.25) is 0 Å². The highest BCUT2D eigenvalue weighted by atomic mass is 32.2. The summed E-state index contributed by atoms with van der Waals surface area (Å²) in [6, 6.07) is 11.2. The Labute approximate surface area is 155 Å². The SMILES string of the molecule is COc1ccc(C)cc1S(=O)(=O)NCCOc1cccc2c1CCCC2. The first-order valence-corrected chi connectivity index (χ1v) is 10.4. The monoisotopic (exact) mass is 375 g/mol. The van der Waals surface area contributed by atoms with Crippen LogP contribution < -0.4 is 14.2 Å². The van der Waals surface area contributed by atoms with Crippen LogP contribution >= 0.6 is 0 Å². The molecule has 5 nitrogen and oxygen atoms in total. The molecule has 0 heterocycles. The number of hydrogen-bond acceptors (Lipinski definition) is 4. The molecule has 0 spiro atoms. The van der Waals surface area contributed by atoms with E-state index in [4.69, 9.17) is 9.47 Å². The maximum atomic E-state index is 12.6. The number of nitrogens with one attached hydrogen (secondary N) is 1. The quantitative estimate of drug-likeness (QED) is 0.755. The van der Waals surface area contributed by atoms with Crippen LogP contribution in [0.25, 0.3) is 0 Å². The molecule has 0 aliphatic heterocycles. The number of fused-ring (bicyclic) bond motifs is 1. The van der Waals surface area contributed by atoms with E-state index in [-0.39, 0.29) is 18.0 Å². The van der Waals surface area contributed by atoms with Crippen molar-refractivity contribution in [1.82, 2.24) is 4.72 Å². The van der Waals surface area contributed by atoms with Gasteiger partial charge in [0.05, 0.1) is 7.11 Å². The molecule has 26 heavy (non-hydrogen) atoms. The standard InChI is InChI=1S/C20H25NO4S/c1-15-10-11-19(24-2)20(14-15)26(22,23)21-12-13-25-18-9-5-7-16-6-3-4-8-17(16)18/h5,7,9-11,14,21H,3-4,6,8,12-13H2,1-2H3. The van der Waals surface area contributed by atoms with Gasteiger partial charge in [-0.05, 0) is 67.5 Å². The third-order valence-electron chi connectivity index (χ3n) is 4.61. The van der Waals surface area contributed by atoms with E-state index in [2.05, 4.69) is 10.8 Å². The third kappa shape index (κ3) is 4.19. The van der Waals surface area contributed by atoms with E-state index in [0.717, 1.165) is 24.2 Å². The van der Waals surface area contributed by atoms with Crippen molar-refractivity contribution < 1.29 is 17.9 Å². The summed E-state index contributed by atoms with van der Waals surface area (Å²) >= 11 is 0. The maximum Gasteiger partial charge on any atom is 0.244 e. The summed E-state index contributed by atoms with van der Waals surface area (Å²) in [7, 11) is -2.19. The first-order valence-electron chi connectivity index (χ1n) is 8.89. The Bertz CT molecular complexity index is 877. The lowest BCUT2D eigenvalue weighted by Gasteiger charge is -2.19. The van der Waals surface area contributed by atoms with Crippen LogP contribution in [0.5, 0.6) is 11.5 Å². The summed E-state index contributed by atoms with van der Waals surface area (Å²) in [6.07, 6.45) is 4.51. The summed E-state index contributed by atoms with van der Waals surface area (Å²) in [6.45, 7) is 2.33. The maximum absolute atomic E-state index is 12.6. The average molecular weight is 375 g/mol. The second-order valence-electron chi connectivity index (χ2n) is 6.50. The number of sulfonamides is 1. The van der Waals surface area contributed by atoms with E-state index in [0.29, 0.717) is 5.75 Å². The molecular formula is C20H25NO4S. The summed E-state index contributed by atoms with van der Waals surface area (Å²) < 4.78 is 38.7. The number of aryl methyl sites for hydroxylation is 2. The molecule has 0 saturated carbocycles. The Morgan fingerprint density at radius 3 is 2.69 bits per heavy atom. The van der Waals surface area contributed by atoms with Gasteiger partial charge < -0.3 is 9.47 Å². The van der Waals surface area contributed by atoms with Gasteiger partial charge in [-0.2, -0.15) is 0 Å². The molecule has 1 aliphatic rings. The van der Waals surface area contributed by atoms with E-state index in [9.17, 15) is 8.42 Å². The second-order valence-corrected chi connectivity index (χ2v) is 8.24. The molecule has 2 aromatic carbocycles. The van der Waals surface area contributed by atoms with E-state index in [1.165, 1.54) is 31.1 Å². The van der Waals surface area contributed by atoms with Gasteiger partial charge in [0, 0.05) is 6.54 Å². The van der Waals surface area contributed by atoms with E-state index < -0.39 is 10.0 Å². The van der Waals surface area contributed by atoms with Crippen molar-refractivity contribution in [2.75, 3.05) is 20.3 Å². The van der Waals surface area contributed by atoms with Crippen LogP contribution in [0.4, 0.5) is 0 Å². The molecule has 3 rings (SSSR count). The van der Waals surface area contributed by atoms with Gasteiger partial charge in [0.2, 0.25) is 10.0 Å². The number of methoxy groups -OCH3 is 1. The van der Waals surface area contributed by atoms with Crippen LogP contribution in [-0.2, 0) is 22.9 Å². The Hall–Kier alpha value is -2.05. The van der Waals surface area contributed by atoms with Crippen molar-refractivity contribution in [3.05, 3.63) is 53.1 Å². The second kappa shape index (κ2) is 8.10. The van der Waals surface area contributed by atoms with Crippen molar-refractivity contribution in [3.63, 3.8) is 0 Å². The highest BCUT2D eigenvalue weighted by Gasteiger charge is 2.19. The van der Waals surface area contributed by atoms with Gasteiger partial charge in [-0.3, -0.25) is 0 Å². The third-order valence-corrected chi connectivity index (χ3v) is 6.10. The molecule has 2 aromatic rings. The summed E-state index contributed by atoms with van der Waals surface area (Å²) in [5.74, 6) is 1.20. The van der Waals surface area contributed by atoms with Crippen LogP contribution in [0.15, 0.2) is 41.3 Å². The summed E-state index contributed by atoms with van der Waals surface area (Å²) in [4.78, 5) is 0.150. The number of ether oxygens (including phenoxy) is 2. The molecule has 0 radical (unpaired) electrons. The highest BCUT2D eigenvalue weighted by molar-refractivity contribution is 7.89. The predicted octanol–water partition coefficient (Wildman–Crippen LogP) is 3.24. The van der Waals surface area contributed by atoms with Crippen molar-refractivity contribution in [1.29, 1.82) is 0 Å². The van der Waals surface area contributed by atoms with E-state index in [1.807, 2.05) is 25.1 Å². The van der Waals surface area contributed by atoms with Crippen LogP contribution in [0.1, 0.15) is 29.5 Å². The molecule has 0 bridgehead atoms. The van der Waals surface area contributed by atoms with Crippen LogP contribution in [-0.4, -0.2) is 28.7 Å². The molecule has 1 N–H and O–H groups in total. The van der Waals surface area contributed by atoms with Gasteiger partial charge in [-0.15, -0.1) is 0 Å². The molecule has 0 unspecified atom stereocenters. The van der Waals surface area contributed by atoms with Gasteiger partial charge in [0.1, 0.15) is 23.0 Å². The number of hydrogen-bond donors (Lipinski definition) is 1. The lowest BCUT2D eigenvalue weighted by Crippen LogP contribution is -2.28.